The fraction of sp³-hybridized carbons (Fsp3) is 0.176. The largest absolute Gasteiger partial charge is 0.455 e. The van der Waals surface area contributed by atoms with Gasteiger partial charge in [0.1, 0.15) is 12.3 Å². The molecule has 0 saturated carbocycles. The topological polar surface area (TPSA) is 52.3 Å². The molecule has 3 aromatic rings. The van der Waals surface area contributed by atoms with E-state index in [0.717, 1.165) is 15.5 Å². The van der Waals surface area contributed by atoms with Crippen LogP contribution in [0, 0.1) is 0 Å². The lowest BCUT2D eigenvalue weighted by molar-refractivity contribution is 0.0460. The van der Waals surface area contributed by atoms with Crippen LogP contribution in [0.15, 0.2) is 57.3 Å². The minimum atomic E-state index is -0.345. The van der Waals surface area contributed by atoms with Gasteiger partial charge in [0.25, 0.3) is 0 Å². The molecule has 118 valence electrons. The number of hydrogen-bond donors (Lipinski definition) is 0. The Labute approximate surface area is 142 Å². The van der Waals surface area contributed by atoms with Gasteiger partial charge < -0.3 is 9.26 Å². The Morgan fingerprint density at radius 2 is 2.17 bits per heavy atom. The first-order valence-corrected chi connectivity index (χ1v) is 9.03. The molecule has 0 bridgehead atoms. The molecule has 0 atom stereocenters. The van der Waals surface area contributed by atoms with Crippen molar-refractivity contribution in [2.24, 2.45) is 0 Å². The average Bonchev–Trinajstić information content (AvgIpc) is 3.24. The monoisotopic (exact) mass is 345 g/mol. The Morgan fingerprint density at radius 3 is 2.96 bits per heavy atom. The number of thiophene rings is 1. The number of hydrogen-bond acceptors (Lipinski definition) is 6. The van der Waals surface area contributed by atoms with Crippen LogP contribution in [0.3, 0.4) is 0 Å². The van der Waals surface area contributed by atoms with Crippen LogP contribution < -0.4 is 0 Å². The number of benzene rings is 1. The summed E-state index contributed by atoms with van der Waals surface area (Å²) in [6, 6.07) is 13.2. The highest BCUT2D eigenvalue weighted by Crippen LogP contribution is 2.26. The maximum Gasteiger partial charge on any atom is 0.339 e. The molecule has 0 saturated heterocycles. The Bertz CT molecular complexity index is 781. The third kappa shape index (κ3) is 3.83. The van der Waals surface area contributed by atoms with Gasteiger partial charge in [0.05, 0.1) is 10.4 Å². The first-order chi connectivity index (χ1) is 11.3. The van der Waals surface area contributed by atoms with Gasteiger partial charge in [0.2, 0.25) is 0 Å². The predicted molar refractivity (Wildman–Crippen MR) is 91.8 cm³/mol. The van der Waals surface area contributed by atoms with Gasteiger partial charge >= 0.3 is 5.97 Å². The van der Waals surface area contributed by atoms with Crippen molar-refractivity contribution in [3.05, 3.63) is 59.1 Å². The SMILES string of the molecule is CCSc1ccccc1C(=O)OCc1cc(-c2cccs2)on1. The van der Waals surface area contributed by atoms with Crippen molar-refractivity contribution in [2.75, 3.05) is 5.75 Å². The van der Waals surface area contributed by atoms with Gasteiger partial charge in [-0.1, -0.05) is 30.3 Å². The molecule has 1 aromatic carbocycles. The molecule has 3 rings (SSSR count). The van der Waals surface area contributed by atoms with Crippen molar-refractivity contribution in [1.82, 2.24) is 5.16 Å². The zero-order valence-corrected chi connectivity index (χ0v) is 14.2. The number of rotatable bonds is 6. The smallest absolute Gasteiger partial charge is 0.339 e. The molecule has 0 aliphatic carbocycles. The summed E-state index contributed by atoms with van der Waals surface area (Å²) in [7, 11) is 0. The van der Waals surface area contributed by atoms with Crippen LogP contribution in [0.25, 0.3) is 10.6 Å². The molecule has 0 unspecified atom stereocenters. The number of aromatic nitrogens is 1. The van der Waals surface area contributed by atoms with Gasteiger partial charge in [-0.2, -0.15) is 0 Å². The van der Waals surface area contributed by atoms with E-state index in [1.807, 2.05) is 42.6 Å². The summed E-state index contributed by atoms with van der Waals surface area (Å²) in [4.78, 5) is 14.2. The van der Waals surface area contributed by atoms with Gasteiger partial charge in [-0.05, 0) is 29.3 Å². The van der Waals surface area contributed by atoms with Gasteiger partial charge in [0, 0.05) is 11.0 Å². The highest BCUT2D eigenvalue weighted by atomic mass is 32.2. The summed E-state index contributed by atoms with van der Waals surface area (Å²) in [6.45, 7) is 2.15. The maximum atomic E-state index is 12.3. The van der Waals surface area contributed by atoms with Gasteiger partial charge in [-0.25, -0.2) is 4.79 Å². The maximum absolute atomic E-state index is 12.3. The Balaban J connectivity index is 1.65. The summed E-state index contributed by atoms with van der Waals surface area (Å²) < 4.78 is 10.6. The molecule has 23 heavy (non-hydrogen) atoms. The molecule has 2 heterocycles. The Morgan fingerprint density at radius 1 is 1.30 bits per heavy atom. The fourth-order valence-corrected chi connectivity index (χ4v) is 3.51. The number of ether oxygens (including phenoxy) is 1. The number of thioether (sulfide) groups is 1. The van der Waals surface area contributed by atoms with E-state index in [2.05, 4.69) is 5.16 Å². The molecule has 4 nitrogen and oxygen atoms in total. The lowest BCUT2D eigenvalue weighted by Gasteiger charge is -2.07. The van der Waals surface area contributed by atoms with Crippen LogP contribution in [0.2, 0.25) is 0 Å². The van der Waals surface area contributed by atoms with E-state index >= 15 is 0 Å². The molecule has 0 N–H and O–H groups in total. The van der Waals surface area contributed by atoms with Gasteiger partial charge in [-0.3, -0.25) is 0 Å². The molecule has 2 aromatic heterocycles. The molecule has 0 radical (unpaired) electrons. The van der Waals surface area contributed by atoms with E-state index < -0.39 is 0 Å². The van der Waals surface area contributed by atoms with Crippen molar-refractivity contribution in [3.8, 4) is 10.6 Å². The summed E-state index contributed by atoms with van der Waals surface area (Å²) in [6.07, 6.45) is 0. The van der Waals surface area contributed by atoms with E-state index in [9.17, 15) is 4.79 Å². The minimum Gasteiger partial charge on any atom is -0.455 e. The summed E-state index contributed by atoms with van der Waals surface area (Å²) in [5, 5.41) is 5.92. The highest BCUT2D eigenvalue weighted by Gasteiger charge is 2.14. The standard InChI is InChI=1S/C17H15NO3S2/c1-2-22-15-7-4-3-6-13(15)17(19)20-11-12-10-14(21-18-12)16-8-5-9-23-16/h3-10H,2,11H2,1H3. The average molecular weight is 345 g/mol. The van der Waals surface area contributed by atoms with Crippen molar-refractivity contribution in [2.45, 2.75) is 18.4 Å². The quantitative estimate of drug-likeness (QED) is 0.471. The molecular weight excluding hydrogens is 330 g/mol. The molecule has 0 amide bonds. The van der Waals surface area contributed by atoms with Crippen LogP contribution in [0.4, 0.5) is 0 Å². The van der Waals surface area contributed by atoms with E-state index in [1.54, 1.807) is 35.2 Å². The van der Waals surface area contributed by atoms with Crippen molar-refractivity contribution in [1.29, 1.82) is 0 Å². The number of carbonyl (C=O) groups excluding carboxylic acids is 1. The Hall–Kier alpha value is -2.05. The number of nitrogens with zero attached hydrogens (tertiary/aromatic N) is 1. The third-order valence-corrected chi connectivity index (χ3v) is 4.92. The van der Waals surface area contributed by atoms with Gasteiger partial charge in [0.15, 0.2) is 5.76 Å². The summed E-state index contributed by atoms with van der Waals surface area (Å²) in [5.41, 5.74) is 1.18. The lowest BCUT2D eigenvalue weighted by atomic mass is 10.2. The van der Waals surface area contributed by atoms with Crippen LogP contribution in [-0.4, -0.2) is 16.9 Å². The first kappa shape index (κ1) is 15.8. The van der Waals surface area contributed by atoms with Crippen molar-refractivity contribution < 1.29 is 14.1 Å². The highest BCUT2D eigenvalue weighted by molar-refractivity contribution is 7.99. The van der Waals surface area contributed by atoms with E-state index in [0.29, 0.717) is 17.0 Å². The second kappa shape index (κ2) is 7.48. The zero-order valence-electron chi connectivity index (χ0n) is 12.5. The lowest BCUT2D eigenvalue weighted by Crippen LogP contribution is -2.06. The normalized spacial score (nSPS) is 10.7. The third-order valence-electron chi connectivity index (χ3n) is 3.08. The van der Waals surface area contributed by atoms with E-state index in [-0.39, 0.29) is 12.6 Å². The molecule has 0 fully saturated rings. The Kier molecular flexibility index (Phi) is 5.15. The predicted octanol–water partition coefficient (Wildman–Crippen LogP) is 4.87. The zero-order chi connectivity index (χ0) is 16.1. The number of carbonyl (C=O) groups is 1. The fourth-order valence-electron chi connectivity index (χ4n) is 2.05. The molecule has 0 aliphatic rings. The van der Waals surface area contributed by atoms with E-state index in [4.69, 9.17) is 9.26 Å². The van der Waals surface area contributed by atoms with Crippen molar-refractivity contribution >= 4 is 29.1 Å². The first-order valence-electron chi connectivity index (χ1n) is 7.16. The molecule has 0 aliphatic heterocycles. The van der Waals surface area contributed by atoms with E-state index in [1.165, 1.54) is 0 Å². The minimum absolute atomic E-state index is 0.0961. The van der Waals surface area contributed by atoms with Crippen LogP contribution in [0.5, 0.6) is 0 Å². The number of esters is 1. The second-order valence-electron chi connectivity index (χ2n) is 4.67. The van der Waals surface area contributed by atoms with Crippen LogP contribution in [0.1, 0.15) is 23.0 Å². The second-order valence-corrected chi connectivity index (χ2v) is 6.92. The van der Waals surface area contributed by atoms with Crippen LogP contribution >= 0.6 is 23.1 Å². The summed E-state index contributed by atoms with van der Waals surface area (Å²) >= 11 is 3.19. The molecule has 6 heteroatoms. The molecule has 0 spiro atoms. The van der Waals surface area contributed by atoms with Crippen LogP contribution in [-0.2, 0) is 11.3 Å². The van der Waals surface area contributed by atoms with Crippen molar-refractivity contribution in [3.63, 3.8) is 0 Å². The molecular formula is C17H15NO3S2. The summed E-state index contributed by atoms with van der Waals surface area (Å²) in [5.74, 6) is 1.24. The van der Waals surface area contributed by atoms with Gasteiger partial charge in [-0.15, -0.1) is 23.1 Å².